The lowest BCUT2D eigenvalue weighted by Crippen LogP contribution is -2.51. The van der Waals surface area contributed by atoms with Crippen LogP contribution in [0.15, 0.2) is 53.5 Å². The highest BCUT2D eigenvalue weighted by molar-refractivity contribution is 6.68. The zero-order valence-electron chi connectivity index (χ0n) is 12.9. The summed E-state index contributed by atoms with van der Waals surface area (Å²) < 4.78 is 53.5. The number of rotatable bonds is 2. The minimum absolute atomic E-state index is 0.0561. The summed E-state index contributed by atoms with van der Waals surface area (Å²) >= 11 is 23.2. The Balaban J connectivity index is 2.04. The predicted molar refractivity (Wildman–Crippen MR) is 96.3 cm³/mol. The molecule has 0 N–H and O–H groups in total. The van der Waals surface area contributed by atoms with Crippen molar-refractivity contribution < 1.29 is 27.4 Å². The Bertz CT molecular complexity index is 841. The second-order valence-corrected chi connectivity index (χ2v) is 7.92. The zero-order chi connectivity index (χ0) is 19.9. The van der Waals surface area contributed by atoms with E-state index in [-0.39, 0.29) is 17.2 Å². The van der Waals surface area contributed by atoms with Gasteiger partial charge in [0.2, 0.25) is 0 Å². The Morgan fingerprint density at radius 2 is 1.44 bits per heavy atom. The molecule has 2 aromatic rings. The van der Waals surface area contributed by atoms with Crippen LogP contribution in [0.1, 0.15) is 0 Å². The van der Waals surface area contributed by atoms with E-state index in [1.165, 1.54) is 36.4 Å². The van der Waals surface area contributed by atoms with Crippen LogP contribution in [-0.2, 0) is 0 Å². The fraction of sp³-hybridized carbons (Fsp3) is 0.188. The van der Waals surface area contributed by atoms with E-state index in [9.17, 15) is 13.2 Å². The van der Waals surface area contributed by atoms with Gasteiger partial charge >= 0.3 is 18.0 Å². The smallest absolute Gasteiger partial charge is 0.435 e. The maximum absolute atomic E-state index is 13.5. The summed E-state index contributed by atoms with van der Waals surface area (Å²) in [5.74, 6) is -4.45. The highest BCUT2D eigenvalue weighted by Gasteiger charge is 2.60. The first-order chi connectivity index (χ1) is 12.5. The second-order valence-electron chi connectivity index (χ2n) is 5.20. The van der Waals surface area contributed by atoms with Gasteiger partial charge in [-0.3, -0.25) is 0 Å². The third-order valence-corrected chi connectivity index (χ3v) is 4.19. The molecule has 0 saturated heterocycles. The Morgan fingerprint density at radius 3 is 1.89 bits per heavy atom. The van der Waals surface area contributed by atoms with E-state index in [0.717, 1.165) is 0 Å². The van der Waals surface area contributed by atoms with E-state index in [2.05, 4.69) is 4.99 Å². The molecule has 0 saturated carbocycles. The molecule has 144 valence electrons. The summed E-state index contributed by atoms with van der Waals surface area (Å²) in [6, 6.07) is 11.1. The summed E-state index contributed by atoms with van der Waals surface area (Å²) in [5.41, 5.74) is 0. The molecule has 1 aliphatic heterocycles. The maximum atomic E-state index is 13.5. The van der Waals surface area contributed by atoms with Crippen molar-refractivity contribution in [2.24, 2.45) is 4.99 Å². The third kappa shape index (κ3) is 4.32. The molecule has 0 atom stereocenters. The molecule has 0 fully saturated rings. The van der Waals surface area contributed by atoms with Crippen LogP contribution in [-0.4, -0.2) is 21.8 Å². The largest absolute Gasteiger partial charge is 0.468 e. The van der Waals surface area contributed by atoms with Crippen LogP contribution in [0.5, 0.6) is 17.2 Å². The summed E-state index contributed by atoms with van der Waals surface area (Å²) in [6.07, 6.45) is -5.04. The van der Waals surface area contributed by atoms with Crippen LogP contribution in [0, 0.1) is 0 Å². The Morgan fingerprint density at radius 1 is 0.926 bits per heavy atom. The van der Waals surface area contributed by atoms with E-state index < -0.39 is 21.8 Å². The van der Waals surface area contributed by atoms with Gasteiger partial charge in [-0.15, -0.1) is 0 Å². The van der Waals surface area contributed by atoms with Gasteiger partial charge in [0.15, 0.2) is 11.5 Å². The molecule has 0 aliphatic carbocycles. The van der Waals surface area contributed by atoms with Crippen LogP contribution < -0.4 is 14.2 Å². The van der Waals surface area contributed by atoms with Crippen LogP contribution in [0.3, 0.4) is 0 Å². The van der Waals surface area contributed by atoms with Crippen molar-refractivity contribution in [3.63, 3.8) is 0 Å². The van der Waals surface area contributed by atoms with Crippen LogP contribution in [0.2, 0.25) is 5.02 Å². The molecule has 1 heterocycles. The van der Waals surface area contributed by atoms with Crippen molar-refractivity contribution in [2.75, 3.05) is 0 Å². The number of benzene rings is 2. The van der Waals surface area contributed by atoms with Crippen molar-refractivity contribution in [3.05, 3.63) is 53.6 Å². The van der Waals surface area contributed by atoms with Crippen molar-refractivity contribution in [1.29, 1.82) is 0 Å². The van der Waals surface area contributed by atoms with Crippen molar-refractivity contribution in [1.82, 2.24) is 0 Å². The lowest BCUT2D eigenvalue weighted by molar-refractivity contribution is -0.0911. The van der Waals surface area contributed by atoms with Gasteiger partial charge in [-0.2, -0.15) is 18.2 Å². The highest BCUT2D eigenvalue weighted by Crippen LogP contribution is 2.50. The standard InChI is InChI=1S/C16H8Cl4F3NO3/c17-9-5-7-10(8-6-9)25-13(14(21,22)23)24-16(15(18,19)20)26-11-3-1-2-4-12(11)27-16/h1-8H. The maximum Gasteiger partial charge on any atom is 0.468 e. The van der Waals surface area contributed by atoms with Gasteiger partial charge in [-0.1, -0.05) is 58.5 Å². The lowest BCUT2D eigenvalue weighted by Gasteiger charge is -2.30. The number of para-hydroxylation sites is 2. The molecule has 0 spiro atoms. The molecule has 0 aromatic heterocycles. The fourth-order valence-electron chi connectivity index (χ4n) is 2.05. The van der Waals surface area contributed by atoms with Gasteiger partial charge in [0.05, 0.1) is 0 Å². The number of aliphatic imine (C=N–C) groups is 1. The van der Waals surface area contributed by atoms with Crippen LogP contribution in [0.25, 0.3) is 0 Å². The minimum atomic E-state index is -5.04. The van der Waals surface area contributed by atoms with Gasteiger partial charge in [0.25, 0.3) is 3.79 Å². The fourth-order valence-corrected chi connectivity index (χ4v) is 2.54. The van der Waals surface area contributed by atoms with Gasteiger partial charge < -0.3 is 14.2 Å². The van der Waals surface area contributed by atoms with E-state index in [4.69, 9.17) is 60.6 Å². The molecule has 0 amide bonds. The summed E-state index contributed by atoms with van der Waals surface area (Å²) in [5, 5.41) is 0.309. The average molecular weight is 461 g/mol. The van der Waals surface area contributed by atoms with E-state index in [1.807, 2.05) is 0 Å². The van der Waals surface area contributed by atoms with E-state index in [1.54, 1.807) is 12.1 Å². The molecule has 27 heavy (non-hydrogen) atoms. The Hall–Kier alpha value is -1.54. The molecule has 4 nitrogen and oxygen atoms in total. The molecule has 2 aromatic carbocycles. The number of nitrogens with zero attached hydrogens (tertiary/aromatic N) is 1. The van der Waals surface area contributed by atoms with Gasteiger partial charge in [0.1, 0.15) is 5.75 Å². The third-order valence-electron chi connectivity index (χ3n) is 3.22. The Labute approximate surface area is 171 Å². The monoisotopic (exact) mass is 459 g/mol. The molecular weight excluding hydrogens is 453 g/mol. The quantitative estimate of drug-likeness (QED) is 0.305. The van der Waals surface area contributed by atoms with Gasteiger partial charge in [0, 0.05) is 5.02 Å². The highest BCUT2D eigenvalue weighted by atomic mass is 35.6. The number of fused-ring (bicyclic) bond motifs is 1. The summed E-state index contributed by atoms with van der Waals surface area (Å²) in [7, 11) is 0. The first-order valence-corrected chi connectivity index (χ1v) is 8.66. The van der Waals surface area contributed by atoms with E-state index in [0.29, 0.717) is 5.02 Å². The number of ether oxygens (including phenoxy) is 3. The normalized spacial score (nSPS) is 16.3. The number of hydrogen-bond acceptors (Lipinski definition) is 4. The summed E-state index contributed by atoms with van der Waals surface area (Å²) in [4.78, 5) is 3.38. The first-order valence-electron chi connectivity index (χ1n) is 7.14. The van der Waals surface area contributed by atoms with Crippen molar-refractivity contribution in [3.8, 4) is 17.2 Å². The molecular formula is C16H8Cl4F3NO3. The molecule has 0 unspecified atom stereocenters. The topological polar surface area (TPSA) is 40.0 Å². The molecule has 11 heteroatoms. The minimum Gasteiger partial charge on any atom is -0.435 e. The molecule has 0 bridgehead atoms. The Kier molecular flexibility index (Phi) is 5.33. The average Bonchev–Trinajstić information content (AvgIpc) is 2.95. The molecule has 0 radical (unpaired) electrons. The first kappa shape index (κ1) is 20.2. The molecule has 1 aliphatic rings. The van der Waals surface area contributed by atoms with Crippen LogP contribution in [0.4, 0.5) is 13.2 Å². The number of halogens is 7. The lowest BCUT2D eigenvalue weighted by atomic mass is 10.3. The van der Waals surface area contributed by atoms with Gasteiger partial charge in [-0.25, -0.2) is 0 Å². The predicted octanol–water partition coefficient (Wildman–Crippen LogP) is 6.18. The van der Waals surface area contributed by atoms with Crippen molar-refractivity contribution in [2.45, 2.75) is 15.9 Å². The second kappa shape index (κ2) is 7.13. The van der Waals surface area contributed by atoms with Gasteiger partial charge in [-0.05, 0) is 36.4 Å². The van der Waals surface area contributed by atoms with Crippen molar-refractivity contribution >= 4 is 52.3 Å². The van der Waals surface area contributed by atoms with Crippen LogP contribution >= 0.6 is 46.4 Å². The summed E-state index contributed by atoms with van der Waals surface area (Å²) in [6.45, 7) is 0. The molecule has 3 rings (SSSR count). The zero-order valence-corrected chi connectivity index (χ0v) is 16.0. The number of alkyl halides is 6. The number of hydrogen-bond donors (Lipinski definition) is 0. The van der Waals surface area contributed by atoms with E-state index >= 15 is 0 Å². The SMILES string of the molecule is FC(F)(F)C(=NC1(C(Cl)(Cl)Cl)Oc2ccccc2O1)Oc1ccc(Cl)cc1.